The lowest BCUT2D eigenvalue weighted by Crippen LogP contribution is -2.44. The van der Waals surface area contributed by atoms with Crippen LogP contribution in [-0.2, 0) is 6.42 Å². The average Bonchev–Trinajstić information content (AvgIpc) is 2.75. The number of rotatable bonds is 4. The zero-order valence-corrected chi connectivity index (χ0v) is 18.5. The molecule has 0 amide bonds. The maximum absolute atomic E-state index is 11.2. The van der Waals surface area contributed by atoms with E-state index in [1.54, 1.807) is 20.3 Å². The van der Waals surface area contributed by atoms with Gasteiger partial charge in [0.15, 0.2) is 11.5 Å². The van der Waals surface area contributed by atoms with Gasteiger partial charge in [-0.1, -0.05) is 53.0 Å². The molecule has 2 atom stereocenters. The Morgan fingerprint density at radius 1 is 0.933 bits per heavy atom. The summed E-state index contributed by atoms with van der Waals surface area (Å²) in [6.07, 6.45) is -0.309. The van der Waals surface area contributed by atoms with Gasteiger partial charge in [0.05, 0.1) is 30.3 Å². The number of aliphatic hydroxyl groups is 1. The van der Waals surface area contributed by atoms with Crippen molar-refractivity contribution in [3.8, 4) is 11.5 Å². The van der Waals surface area contributed by atoms with E-state index in [1.807, 2.05) is 60.4 Å². The zero-order chi connectivity index (χ0) is 21.4. The molecule has 0 saturated heterocycles. The number of halogens is 2. The molecular formula is C24H23Cl2NO3. The van der Waals surface area contributed by atoms with Gasteiger partial charge in [-0.3, -0.25) is 0 Å². The first-order chi connectivity index (χ1) is 14.4. The Morgan fingerprint density at radius 2 is 1.60 bits per heavy atom. The van der Waals surface area contributed by atoms with Gasteiger partial charge in [-0.2, -0.15) is 0 Å². The number of benzene rings is 3. The molecule has 2 unspecified atom stereocenters. The van der Waals surface area contributed by atoms with Crippen molar-refractivity contribution in [3.63, 3.8) is 0 Å². The van der Waals surface area contributed by atoms with Crippen molar-refractivity contribution in [2.45, 2.75) is 25.6 Å². The highest BCUT2D eigenvalue weighted by atomic mass is 35.5. The molecular weight excluding hydrogens is 421 g/mol. The minimum Gasteiger partial charge on any atom is -0.493 e. The van der Waals surface area contributed by atoms with Gasteiger partial charge in [-0.25, -0.2) is 0 Å². The molecule has 1 heterocycles. The fourth-order valence-corrected chi connectivity index (χ4v) is 4.48. The van der Waals surface area contributed by atoms with Gasteiger partial charge in [-0.15, -0.1) is 0 Å². The molecule has 4 nitrogen and oxygen atoms in total. The van der Waals surface area contributed by atoms with Crippen LogP contribution in [0.2, 0.25) is 10.0 Å². The Kier molecular flexibility index (Phi) is 5.83. The summed E-state index contributed by atoms with van der Waals surface area (Å²) in [5, 5.41) is 12.1. The van der Waals surface area contributed by atoms with Gasteiger partial charge >= 0.3 is 0 Å². The van der Waals surface area contributed by atoms with Crippen molar-refractivity contribution < 1.29 is 14.6 Å². The zero-order valence-electron chi connectivity index (χ0n) is 17.0. The highest BCUT2D eigenvalue weighted by molar-refractivity contribution is 6.42. The Bertz CT molecular complexity index is 1070. The fraction of sp³-hybridized carbons (Fsp3) is 0.250. The lowest BCUT2D eigenvalue weighted by atomic mass is 9.86. The van der Waals surface area contributed by atoms with Crippen LogP contribution in [0.4, 0.5) is 5.69 Å². The lowest BCUT2D eigenvalue weighted by molar-refractivity contribution is 0.154. The molecule has 4 rings (SSSR count). The van der Waals surface area contributed by atoms with Crippen LogP contribution in [0.1, 0.15) is 28.3 Å². The fourth-order valence-electron chi connectivity index (χ4n) is 4.07. The second-order valence-corrected chi connectivity index (χ2v) is 8.16. The van der Waals surface area contributed by atoms with E-state index in [-0.39, 0.29) is 6.04 Å². The van der Waals surface area contributed by atoms with Gasteiger partial charge in [0.25, 0.3) is 0 Å². The van der Waals surface area contributed by atoms with Gasteiger partial charge in [0, 0.05) is 12.1 Å². The third-order valence-corrected chi connectivity index (χ3v) is 6.38. The summed E-state index contributed by atoms with van der Waals surface area (Å²) in [5.74, 6) is 1.25. The average molecular weight is 444 g/mol. The minimum atomic E-state index is -0.752. The predicted molar refractivity (Wildman–Crippen MR) is 121 cm³/mol. The molecule has 0 saturated carbocycles. The molecule has 1 N–H and O–H groups in total. The van der Waals surface area contributed by atoms with E-state index in [4.69, 9.17) is 32.7 Å². The molecule has 0 fully saturated rings. The van der Waals surface area contributed by atoms with Crippen LogP contribution in [0.25, 0.3) is 0 Å². The summed E-state index contributed by atoms with van der Waals surface area (Å²) in [5.41, 5.74) is 4.83. The van der Waals surface area contributed by atoms with Gasteiger partial charge in [0.1, 0.15) is 6.23 Å². The molecule has 6 heteroatoms. The van der Waals surface area contributed by atoms with Gasteiger partial charge < -0.3 is 19.5 Å². The second kappa shape index (κ2) is 8.38. The Hall–Kier alpha value is -2.40. The SMILES string of the molecule is COc1cc2c(cc1OC)C(c1cccc(Cl)c1Cl)N(c1ccc(C)cc1)C(O)C2. The summed E-state index contributed by atoms with van der Waals surface area (Å²) in [7, 11) is 3.22. The van der Waals surface area contributed by atoms with Crippen molar-refractivity contribution in [2.24, 2.45) is 0 Å². The van der Waals surface area contributed by atoms with E-state index < -0.39 is 6.23 Å². The molecule has 0 spiro atoms. The molecule has 30 heavy (non-hydrogen) atoms. The predicted octanol–water partition coefficient (Wildman–Crippen LogP) is 5.79. The number of fused-ring (bicyclic) bond motifs is 1. The van der Waals surface area contributed by atoms with Crippen molar-refractivity contribution in [1.82, 2.24) is 0 Å². The third kappa shape index (κ3) is 3.60. The molecule has 0 aliphatic carbocycles. The number of anilines is 1. The molecule has 156 valence electrons. The third-order valence-electron chi connectivity index (χ3n) is 5.55. The van der Waals surface area contributed by atoms with Crippen LogP contribution in [0.15, 0.2) is 54.6 Å². The van der Waals surface area contributed by atoms with E-state index in [2.05, 4.69) is 0 Å². The normalized spacial score (nSPS) is 18.1. The number of aryl methyl sites for hydroxylation is 1. The summed E-state index contributed by atoms with van der Waals surface area (Å²) in [4.78, 5) is 1.98. The van der Waals surface area contributed by atoms with E-state index in [0.717, 1.165) is 27.9 Å². The number of nitrogens with zero attached hydrogens (tertiary/aromatic N) is 1. The van der Waals surface area contributed by atoms with Crippen molar-refractivity contribution >= 4 is 28.9 Å². The van der Waals surface area contributed by atoms with Crippen LogP contribution >= 0.6 is 23.2 Å². The van der Waals surface area contributed by atoms with Crippen LogP contribution in [0, 0.1) is 6.92 Å². The van der Waals surface area contributed by atoms with E-state index in [0.29, 0.717) is 28.0 Å². The number of methoxy groups -OCH3 is 2. The number of aliphatic hydroxyl groups excluding tert-OH is 1. The largest absolute Gasteiger partial charge is 0.493 e. The molecule has 0 aromatic heterocycles. The van der Waals surface area contributed by atoms with Gasteiger partial charge in [0.2, 0.25) is 0 Å². The highest BCUT2D eigenvalue weighted by Crippen LogP contribution is 2.46. The lowest BCUT2D eigenvalue weighted by Gasteiger charge is -2.43. The maximum Gasteiger partial charge on any atom is 0.161 e. The quantitative estimate of drug-likeness (QED) is 0.553. The first kappa shape index (κ1) is 20.9. The second-order valence-electron chi connectivity index (χ2n) is 7.38. The van der Waals surface area contributed by atoms with Crippen LogP contribution in [-0.4, -0.2) is 25.6 Å². The standard InChI is InChI=1S/C24H23Cl2NO3/c1-14-7-9-16(10-8-14)27-22(28)12-15-11-20(29-2)21(30-3)13-18(15)24(27)17-5-4-6-19(25)23(17)26/h4-11,13,22,24,28H,12H2,1-3H3. The summed E-state index contributed by atoms with van der Waals surface area (Å²) in [6.45, 7) is 2.04. The van der Waals surface area contributed by atoms with E-state index >= 15 is 0 Å². The van der Waals surface area contributed by atoms with E-state index in [1.165, 1.54) is 0 Å². The topological polar surface area (TPSA) is 41.9 Å². The van der Waals surface area contributed by atoms with Crippen molar-refractivity contribution in [1.29, 1.82) is 0 Å². The Morgan fingerprint density at radius 3 is 2.27 bits per heavy atom. The molecule has 1 aliphatic heterocycles. The van der Waals surface area contributed by atoms with Crippen molar-refractivity contribution in [2.75, 3.05) is 19.1 Å². The van der Waals surface area contributed by atoms with Crippen LogP contribution in [0.5, 0.6) is 11.5 Å². The van der Waals surface area contributed by atoms with Crippen LogP contribution in [0.3, 0.4) is 0 Å². The smallest absolute Gasteiger partial charge is 0.161 e. The van der Waals surface area contributed by atoms with Gasteiger partial charge in [-0.05, 0) is 53.9 Å². The molecule has 3 aromatic carbocycles. The minimum absolute atomic E-state index is 0.350. The van der Waals surface area contributed by atoms with Crippen molar-refractivity contribution in [3.05, 3.63) is 86.9 Å². The molecule has 3 aromatic rings. The molecule has 0 radical (unpaired) electrons. The maximum atomic E-state index is 11.2. The number of ether oxygens (including phenoxy) is 2. The summed E-state index contributed by atoms with van der Waals surface area (Å²) >= 11 is 13.0. The molecule has 1 aliphatic rings. The Balaban J connectivity index is 1.97. The number of hydrogen-bond donors (Lipinski definition) is 1. The van der Waals surface area contributed by atoms with E-state index in [9.17, 15) is 5.11 Å². The Labute approximate surface area is 186 Å². The first-order valence-electron chi connectivity index (χ1n) is 9.66. The van der Waals surface area contributed by atoms with Crippen LogP contribution < -0.4 is 14.4 Å². The number of hydrogen-bond acceptors (Lipinski definition) is 4. The summed E-state index contributed by atoms with van der Waals surface area (Å²) in [6, 6.07) is 17.2. The highest BCUT2D eigenvalue weighted by Gasteiger charge is 2.37. The summed E-state index contributed by atoms with van der Waals surface area (Å²) < 4.78 is 11.0. The monoisotopic (exact) mass is 443 g/mol. The molecule has 0 bridgehead atoms. The first-order valence-corrected chi connectivity index (χ1v) is 10.4.